The van der Waals surface area contributed by atoms with Gasteiger partial charge in [0.25, 0.3) is 5.56 Å². The second-order valence-electron chi connectivity index (χ2n) is 3.57. The van der Waals surface area contributed by atoms with Crippen molar-refractivity contribution in [3.05, 3.63) is 27.0 Å². The van der Waals surface area contributed by atoms with E-state index >= 15 is 0 Å². The maximum Gasteiger partial charge on any atom is 0.347 e. The number of aromatic nitrogens is 3. The van der Waals surface area contributed by atoms with E-state index in [1.165, 1.54) is 0 Å². The summed E-state index contributed by atoms with van der Waals surface area (Å²) in [6.07, 6.45) is -2.14. The average molecular weight is 264 g/mol. The number of nitrogens with zero attached hydrogens (tertiary/aromatic N) is 2. The first-order valence-electron chi connectivity index (χ1n) is 4.81. The first kappa shape index (κ1) is 12.2. The molecule has 0 unspecified atom stereocenters. The monoisotopic (exact) mass is 263 g/mol. The molecule has 1 aliphatic heterocycles. The van der Waals surface area contributed by atoms with Crippen LogP contribution in [0.2, 0.25) is 0 Å². The number of aliphatic hydroxyl groups is 2. The van der Waals surface area contributed by atoms with Gasteiger partial charge in [0.1, 0.15) is 23.8 Å². The van der Waals surface area contributed by atoms with Crippen LogP contribution < -0.4 is 11.2 Å². The second kappa shape index (κ2) is 4.57. The molecule has 0 bridgehead atoms. The van der Waals surface area contributed by atoms with E-state index in [4.69, 9.17) is 21.4 Å². The van der Waals surface area contributed by atoms with Gasteiger partial charge in [-0.2, -0.15) is 9.78 Å². The van der Waals surface area contributed by atoms with Crippen molar-refractivity contribution in [1.29, 1.82) is 0 Å². The number of H-pyrrole nitrogens is 1. The fraction of sp³-hybridized carbons (Fsp3) is 0.625. The van der Waals surface area contributed by atoms with Gasteiger partial charge in [0.15, 0.2) is 6.23 Å². The summed E-state index contributed by atoms with van der Waals surface area (Å²) in [4.78, 5) is 24.3. The Morgan fingerprint density at radius 2 is 2.29 bits per heavy atom. The molecule has 0 radical (unpaired) electrons. The lowest BCUT2D eigenvalue weighted by molar-refractivity contribution is -0.0504. The van der Waals surface area contributed by atoms with Crippen LogP contribution in [0.15, 0.2) is 15.8 Å². The number of rotatable bonds is 2. The van der Waals surface area contributed by atoms with Crippen molar-refractivity contribution in [2.75, 3.05) is 6.61 Å². The van der Waals surface area contributed by atoms with Crippen LogP contribution in [-0.4, -0.2) is 49.2 Å². The van der Waals surface area contributed by atoms with Crippen LogP contribution >= 0.6 is 11.6 Å². The van der Waals surface area contributed by atoms with E-state index in [-0.39, 0.29) is 0 Å². The van der Waals surface area contributed by atoms with Gasteiger partial charge < -0.3 is 14.9 Å². The molecule has 1 aliphatic rings. The summed E-state index contributed by atoms with van der Waals surface area (Å²) >= 11 is 5.87. The molecule has 94 valence electrons. The Kier molecular flexibility index (Phi) is 3.29. The number of aromatic amines is 1. The molecule has 0 saturated carbocycles. The number of aliphatic hydroxyl groups excluding tert-OH is 2. The zero-order valence-corrected chi connectivity index (χ0v) is 9.24. The molecule has 9 heteroatoms. The van der Waals surface area contributed by atoms with Gasteiger partial charge in [-0.25, -0.2) is 4.79 Å². The first-order valence-corrected chi connectivity index (χ1v) is 5.25. The van der Waals surface area contributed by atoms with Crippen LogP contribution in [0.25, 0.3) is 0 Å². The minimum atomic E-state index is -1.12. The molecule has 1 saturated heterocycles. The van der Waals surface area contributed by atoms with Crippen LogP contribution in [0, 0.1) is 0 Å². The predicted molar refractivity (Wildman–Crippen MR) is 55.8 cm³/mol. The summed E-state index contributed by atoms with van der Waals surface area (Å²) in [7, 11) is 0. The molecule has 0 amide bonds. The third-order valence-electron chi connectivity index (χ3n) is 2.45. The molecule has 1 aromatic heterocycles. The summed E-state index contributed by atoms with van der Waals surface area (Å²) in [5, 5.41) is 21.2. The summed E-state index contributed by atoms with van der Waals surface area (Å²) < 4.78 is 6.01. The molecule has 0 spiro atoms. The highest BCUT2D eigenvalue weighted by atomic mass is 35.5. The van der Waals surface area contributed by atoms with Gasteiger partial charge in [-0.05, 0) is 0 Å². The molecule has 17 heavy (non-hydrogen) atoms. The SMILES string of the molecule is O=c1cnn([C@@H]2O[C@H](CO)[C@@H](O)[C@H]2Cl)c(=O)[nH]1. The summed E-state index contributed by atoms with van der Waals surface area (Å²) in [5.74, 6) is 0. The lowest BCUT2D eigenvalue weighted by Crippen LogP contribution is -2.37. The van der Waals surface area contributed by atoms with Gasteiger partial charge in [0, 0.05) is 0 Å². The zero-order valence-electron chi connectivity index (χ0n) is 8.49. The largest absolute Gasteiger partial charge is 0.394 e. The van der Waals surface area contributed by atoms with E-state index in [0.717, 1.165) is 10.9 Å². The topological polar surface area (TPSA) is 117 Å². The Balaban J connectivity index is 2.35. The van der Waals surface area contributed by atoms with Crippen molar-refractivity contribution in [3.63, 3.8) is 0 Å². The number of ether oxygens (including phenoxy) is 1. The van der Waals surface area contributed by atoms with Gasteiger partial charge in [0.2, 0.25) is 0 Å². The third kappa shape index (κ3) is 2.12. The van der Waals surface area contributed by atoms with Crippen molar-refractivity contribution in [2.24, 2.45) is 0 Å². The number of hydrogen-bond acceptors (Lipinski definition) is 6. The highest BCUT2D eigenvalue weighted by Crippen LogP contribution is 2.31. The second-order valence-corrected chi connectivity index (χ2v) is 4.07. The maximum atomic E-state index is 11.4. The van der Waals surface area contributed by atoms with E-state index in [1.54, 1.807) is 0 Å². The van der Waals surface area contributed by atoms with Gasteiger partial charge in [-0.1, -0.05) is 0 Å². The number of alkyl halides is 1. The molecular formula is C8H10ClN3O5. The van der Waals surface area contributed by atoms with Crippen molar-refractivity contribution in [2.45, 2.75) is 23.8 Å². The Hall–Kier alpha value is -1.22. The molecule has 1 aromatic rings. The smallest absolute Gasteiger partial charge is 0.347 e. The Morgan fingerprint density at radius 1 is 1.59 bits per heavy atom. The van der Waals surface area contributed by atoms with Crippen LogP contribution in [0.3, 0.4) is 0 Å². The highest BCUT2D eigenvalue weighted by molar-refractivity contribution is 6.21. The zero-order chi connectivity index (χ0) is 12.6. The average Bonchev–Trinajstić information content (AvgIpc) is 2.57. The van der Waals surface area contributed by atoms with E-state index in [0.29, 0.717) is 0 Å². The molecule has 1 fully saturated rings. The summed E-state index contributed by atoms with van der Waals surface area (Å²) in [6.45, 7) is -0.432. The Labute approximate surface area is 99.4 Å². The van der Waals surface area contributed by atoms with E-state index in [9.17, 15) is 14.7 Å². The normalized spacial score (nSPS) is 32.9. The van der Waals surface area contributed by atoms with E-state index < -0.39 is 41.7 Å². The highest BCUT2D eigenvalue weighted by Gasteiger charge is 2.44. The summed E-state index contributed by atoms with van der Waals surface area (Å²) in [5.41, 5.74) is -1.44. The molecule has 0 aliphatic carbocycles. The molecule has 8 nitrogen and oxygen atoms in total. The standard InChI is InChI=1S/C8H10ClN3O5/c9-5-6(15)3(2-13)17-7(5)12-8(16)11-4(14)1-10-12/h1,3,5-7,13,15H,2H2,(H,11,14,16)/t3-,5-,6-,7-/m1/s1. The van der Waals surface area contributed by atoms with Crippen LogP contribution in [0.1, 0.15) is 6.23 Å². The minimum Gasteiger partial charge on any atom is -0.394 e. The van der Waals surface area contributed by atoms with Crippen LogP contribution in [0.4, 0.5) is 0 Å². The lowest BCUT2D eigenvalue weighted by atomic mass is 10.2. The van der Waals surface area contributed by atoms with Gasteiger partial charge in [-0.15, -0.1) is 11.6 Å². The molecule has 4 atom stereocenters. The fourth-order valence-electron chi connectivity index (χ4n) is 1.60. The van der Waals surface area contributed by atoms with Crippen molar-refractivity contribution < 1.29 is 14.9 Å². The van der Waals surface area contributed by atoms with Crippen LogP contribution in [-0.2, 0) is 4.74 Å². The molecule has 3 N–H and O–H groups in total. The lowest BCUT2D eigenvalue weighted by Gasteiger charge is -2.14. The first-order chi connectivity index (χ1) is 8.04. The Bertz CT molecular complexity index is 514. The molecule has 0 aromatic carbocycles. The molecular weight excluding hydrogens is 254 g/mol. The van der Waals surface area contributed by atoms with Gasteiger partial charge >= 0.3 is 5.69 Å². The Morgan fingerprint density at radius 3 is 2.82 bits per heavy atom. The molecule has 2 rings (SSSR count). The van der Waals surface area contributed by atoms with Gasteiger partial charge in [0.05, 0.1) is 6.61 Å². The number of nitrogens with one attached hydrogen (secondary N) is 1. The summed E-state index contributed by atoms with van der Waals surface area (Å²) in [6, 6.07) is 0. The van der Waals surface area contributed by atoms with Crippen molar-refractivity contribution in [3.8, 4) is 0 Å². The van der Waals surface area contributed by atoms with Gasteiger partial charge in [-0.3, -0.25) is 9.78 Å². The number of halogens is 1. The minimum absolute atomic E-state index is 0.432. The van der Waals surface area contributed by atoms with E-state index in [2.05, 4.69) is 5.10 Å². The molecule has 2 heterocycles. The fourth-order valence-corrected chi connectivity index (χ4v) is 1.92. The van der Waals surface area contributed by atoms with Crippen LogP contribution in [0.5, 0.6) is 0 Å². The third-order valence-corrected chi connectivity index (χ3v) is 2.93. The maximum absolute atomic E-state index is 11.4. The quantitative estimate of drug-likeness (QED) is 0.521. The van der Waals surface area contributed by atoms with E-state index in [1.807, 2.05) is 4.98 Å². The van der Waals surface area contributed by atoms with Crippen molar-refractivity contribution in [1.82, 2.24) is 14.8 Å². The number of hydrogen-bond donors (Lipinski definition) is 3. The van der Waals surface area contributed by atoms with Crippen molar-refractivity contribution >= 4 is 11.6 Å². The predicted octanol–water partition coefficient (Wildman–Crippen LogP) is -2.21.